The van der Waals surface area contributed by atoms with Crippen LogP contribution in [-0.2, 0) is 12.8 Å². The number of hydrogen-bond acceptors (Lipinski definition) is 2. The van der Waals surface area contributed by atoms with Crippen molar-refractivity contribution in [3.63, 3.8) is 0 Å². The maximum absolute atomic E-state index is 13.0. The number of aryl methyl sites for hydroxylation is 3. The summed E-state index contributed by atoms with van der Waals surface area (Å²) < 4.78 is 3.51. The molecule has 0 saturated carbocycles. The van der Waals surface area contributed by atoms with Crippen LogP contribution in [0.25, 0.3) is 22.6 Å². The molecule has 1 aliphatic carbocycles. The molecule has 2 aromatic carbocycles. The summed E-state index contributed by atoms with van der Waals surface area (Å²) >= 11 is 0. The van der Waals surface area contributed by atoms with E-state index in [4.69, 9.17) is 0 Å². The first-order chi connectivity index (χ1) is 12.7. The second-order valence-electron chi connectivity index (χ2n) is 6.95. The van der Waals surface area contributed by atoms with Gasteiger partial charge in [0.2, 0.25) is 5.65 Å². The lowest BCUT2D eigenvalue weighted by Gasteiger charge is -2.08. The predicted molar refractivity (Wildman–Crippen MR) is 103 cm³/mol. The van der Waals surface area contributed by atoms with Crippen LogP contribution in [0.5, 0.6) is 0 Å². The van der Waals surface area contributed by atoms with Crippen molar-refractivity contribution in [2.45, 2.75) is 26.2 Å². The molecule has 4 heteroatoms. The summed E-state index contributed by atoms with van der Waals surface area (Å²) in [5, 5.41) is 0. The Kier molecular flexibility index (Phi) is 3.32. The summed E-state index contributed by atoms with van der Waals surface area (Å²) in [4.78, 5) is 17.7. The standard InChI is InChI=1S/C22H19N3O/c1-15-5-2-3-8-19(15)20-14-24-11-12-25(22(26)21(24)23-20)18-10-9-16-6-4-7-17(16)13-18/h2-3,5,8-14H,4,6-7H2,1H3. The zero-order valence-electron chi connectivity index (χ0n) is 14.6. The van der Waals surface area contributed by atoms with Crippen molar-refractivity contribution in [2.24, 2.45) is 0 Å². The molecule has 0 radical (unpaired) electrons. The lowest BCUT2D eigenvalue weighted by Crippen LogP contribution is -2.20. The van der Waals surface area contributed by atoms with Crippen LogP contribution in [0.2, 0.25) is 0 Å². The number of fused-ring (bicyclic) bond motifs is 2. The van der Waals surface area contributed by atoms with E-state index < -0.39 is 0 Å². The van der Waals surface area contributed by atoms with E-state index in [1.54, 1.807) is 4.57 Å². The Labute approximate surface area is 151 Å². The molecule has 5 rings (SSSR count). The Hall–Kier alpha value is -3.14. The maximum atomic E-state index is 13.0. The molecule has 128 valence electrons. The van der Waals surface area contributed by atoms with E-state index in [1.807, 2.05) is 47.3 Å². The van der Waals surface area contributed by atoms with Crippen molar-refractivity contribution in [1.82, 2.24) is 14.0 Å². The van der Waals surface area contributed by atoms with Crippen LogP contribution in [0, 0.1) is 6.92 Å². The fourth-order valence-corrected chi connectivity index (χ4v) is 3.88. The van der Waals surface area contributed by atoms with Crippen molar-refractivity contribution in [2.75, 3.05) is 0 Å². The van der Waals surface area contributed by atoms with Crippen molar-refractivity contribution in [3.8, 4) is 16.9 Å². The fourth-order valence-electron chi connectivity index (χ4n) is 3.88. The van der Waals surface area contributed by atoms with Crippen LogP contribution in [-0.4, -0.2) is 14.0 Å². The third-order valence-corrected chi connectivity index (χ3v) is 5.30. The van der Waals surface area contributed by atoms with Gasteiger partial charge in [-0.1, -0.05) is 30.3 Å². The molecule has 0 aliphatic heterocycles. The smallest absolute Gasteiger partial charge is 0.298 e. The SMILES string of the molecule is Cc1ccccc1-c1cn2ccn(-c3ccc4c(c3)CCC4)c(=O)c2n1. The molecular formula is C22H19N3O. The molecule has 0 N–H and O–H groups in total. The average molecular weight is 341 g/mol. The maximum Gasteiger partial charge on any atom is 0.298 e. The summed E-state index contributed by atoms with van der Waals surface area (Å²) in [5.74, 6) is 0. The highest BCUT2D eigenvalue weighted by atomic mass is 16.1. The highest BCUT2D eigenvalue weighted by molar-refractivity contribution is 5.65. The van der Waals surface area contributed by atoms with Gasteiger partial charge in [0.15, 0.2) is 0 Å². The van der Waals surface area contributed by atoms with E-state index in [1.165, 1.54) is 17.5 Å². The predicted octanol–water partition coefficient (Wildman–Crippen LogP) is 3.95. The molecule has 2 heterocycles. The van der Waals surface area contributed by atoms with Gasteiger partial charge in [0, 0.05) is 29.8 Å². The molecule has 4 nitrogen and oxygen atoms in total. The molecule has 26 heavy (non-hydrogen) atoms. The summed E-state index contributed by atoms with van der Waals surface area (Å²) in [7, 11) is 0. The van der Waals surface area contributed by atoms with Gasteiger partial charge in [-0.25, -0.2) is 4.98 Å². The van der Waals surface area contributed by atoms with Crippen LogP contribution in [0.4, 0.5) is 0 Å². The minimum Gasteiger partial charge on any atom is -0.300 e. The summed E-state index contributed by atoms with van der Waals surface area (Å²) in [5.41, 5.74) is 7.07. The van der Waals surface area contributed by atoms with Crippen LogP contribution in [0.1, 0.15) is 23.1 Å². The van der Waals surface area contributed by atoms with Crippen molar-refractivity contribution >= 4 is 5.65 Å². The second-order valence-corrected chi connectivity index (χ2v) is 6.95. The zero-order valence-corrected chi connectivity index (χ0v) is 14.6. The van der Waals surface area contributed by atoms with Gasteiger partial charge in [-0.15, -0.1) is 0 Å². The number of nitrogens with zero attached hydrogens (tertiary/aromatic N) is 3. The van der Waals surface area contributed by atoms with Crippen molar-refractivity contribution in [3.05, 3.63) is 88.1 Å². The van der Waals surface area contributed by atoms with Crippen LogP contribution in [0.15, 0.2) is 65.8 Å². The van der Waals surface area contributed by atoms with E-state index in [-0.39, 0.29) is 5.56 Å². The summed E-state index contributed by atoms with van der Waals surface area (Å²) in [6, 6.07) is 14.4. The Morgan fingerprint density at radius 2 is 1.85 bits per heavy atom. The zero-order chi connectivity index (χ0) is 17.7. The number of rotatable bonds is 2. The van der Waals surface area contributed by atoms with Crippen molar-refractivity contribution in [1.29, 1.82) is 0 Å². The molecule has 0 atom stereocenters. The molecule has 1 aliphatic rings. The molecule has 0 saturated heterocycles. The van der Waals surface area contributed by atoms with Crippen LogP contribution >= 0.6 is 0 Å². The lowest BCUT2D eigenvalue weighted by molar-refractivity contribution is 0.910. The number of hydrogen-bond donors (Lipinski definition) is 0. The van der Waals surface area contributed by atoms with Gasteiger partial charge in [0.1, 0.15) is 0 Å². The van der Waals surface area contributed by atoms with E-state index in [2.05, 4.69) is 30.1 Å². The van der Waals surface area contributed by atoms with E-state index in [0.717, 1.165) is 35.3 Å². The van der Waals surface area contributed by atoms with E-state index >= 15 is 0 Å². The van der Waals surface area contributed by atoms with Crippen molar-refractivity contribution < 1.29 is 0 Å². The van der Waals surface area contributed by atoms with Crippen LogP contribution in [0.3, 0.4) is 0 Å². The minimum atomic E-state index is -0.0923. The van der Waals surface area contributed by atoms with Gasteiger partial charge < -0.3 is 4.40 Å². The quantitative estimate of drug-likeness (QED) is 0.554. The number of imidazole rings is 1. The molecule has 0 bridgehead atoms. The van der Waals surface area contributed by atoms with Gasteiger partial charge in [0.05, 0.1) is 5.69 Å². The number of benzene rings is 2. The highest BCUT2D eigenvalue weighted by Crippen LogP contribution is 2.25. The lowest BCUT2D eigenvalue weighted by atomic mass is 10.1. The average Bonchev–Trinajstić information content (AvgIpc) is 3.28. The largest absolute Gasteiger partial charge is 0.300 e. The van der Waals surface area contributed by atoms with Gasteiger partial charge in [-0.2, -0.15) is 0 Å². The first kappa shape index (κ1) is 15.1. The first-order valence-corrected chi connectivity index (χ1v) is 8.99. The molecule has 0 amide bonds. The van der Waals surface area contributed by atoms with Gasteiger partial charge in [0.25, 0.3) is 5.56 Å². The molecule has 0 unspecified atom stereocenters. The monoisotopic (exact) mass is 341 g/mol. The Morgan fingerprint density at radius 3 is 2.73 bits per heavy atom. The highest BCUT2D eigenvalue weighted by Gasteiger charge is 2.14. The van der Waals surface area contributed by atoms with E-state index in [9.17, 15) is 4.79 Å². The topological polar surface area (TPSA) is 39.3 Å². The Balaban J connectivity index is 1.66. The summed E-state index contributed by atoms with van der Waals surface area (Å²) in [6.07, 6.45) is 9.09. The second kappa shape index (κ2) is 5.70. The molecule has 4 aromatic rings. The normalized spacial score (nSPS) is 13.3. The molecule has 0 spiro atoms. The van der Waals surface area contributed by atoms with Gasteiger partial charge in [-0.3, -0.25) is 9.36 Å². The minimum absolute atomic E-state index is 0.0923. The molecule has 2 aromatic heterocycles. The fraction of sp³-hybridized carbons (Fsp3) is 0.182. The first-order valence-electron chi connectivity index (χ1n) is 8.99. The molecule has 0 fully saturated rings. The van der Waals surface area contributed by atoms with Gasteiger partial charge in [-0.05, 0) is 55.0 Å². The van der Waals surface area contributed by atoms with Gasteiger partial charge >= 0.3 is 0 Å². The Morgan fingerprint density at radius 1 is 1.00 bits per heavy atom. The Bertz CT molecular complexity index is 1200. The third-order valence-electron chi connectivity index (χ3n) is 5.30. The van der Waals surface area contributed by atoms with E-state index in [0.29, 0.717) is 5.65 Å². The third kappa shape index (κ3) is 2.30. The number of aromatic nitrogens is 3. The summed E-state index contributed by atoms with van der Waals surface area (Å²) in [6.45, 7) is 2.06. The molecular weight excluding hydrogens is 322 g/mol. The van der Waals surface area contributed by atoms with Crippen LogP contribution < -0.4 is 5.56 Å².